The summed E-state index contributed by atoms with van der Waals surface area (Å²) in [7, 11) is 1.56. The minimum absolute atomic E-state index is 0.350. The van der Waals surface area contributed by atoms with Gasteiger partial charge >= 0.3 is 0 Å². The lowest BCUT2D eigenvalue weighted by atomic mass is 10.2. The summed E-state index contributed by atoms with van der Waals surface area (Å²) in [6.07, 6.45) is 0. The van der Waals surface area contributed by atoms with Crippen molar-refractivity contribution < 1.29 is 13.9 Å². The van der Waals surface area contributed by atoms with Gasteiger partial charge in [0.05, 0.1) is 12.8 Å². The summed E-state index contributed by atoms with van der Waals surface area (Å²) in [6.45, 7) is 1.84. The number of rotatable bonds is 3. The zero-order valence-electron chi connectivity index (χ0n) is 10.2. The van der Waals surface area contributed by atoms with Crippen molar-refractivity contribution in [2.45, 2.75) is 6.92 Å². The van der Waals surface area contributed by atoms with E-state index >= 15 is 0 Å². The van der Waals surface area contributed by atoms with Crippen LogP contribution in [0.5, 0.6) is 17.2 Å². The fourth-order valence-electron chi connectivity index (χ4n) is 1.53. The van der Waals surface area contributed by atoms with Crippen molar-refractivity contribution in [3.8, 4) is 17.2 Å². The third-order valence-electron chi connectivity index (χ3n) is 2.59. The largest absolute Gasteiger partial charge is 0.497 e. The van der Waals surface area contributed by atoms with Crippen molar-refractivity contribution in [2.75, 3.05) is 12.8 Å². The fraction of sp³-hybridized carbons (Fsp3) is 0.143. The summed E-state index contributed by atoms with van der Waals surface area (Å²) in [5, 5.41) is 0. The fourth-order valence-corrected chi connectivity index (χ4v) is 1.53. The molecule has 2 aromatic carbocycles. The van der Waals surface area contributed by atoms with Gasteiger partial charge in [-0.05, 0) is 30.7 Å². The Bertz CT molecular complexity index is 570. The molecule has 0 aliphatic heterocycles. The maximum atomic E-state index is 13.2. The van der Waals surface area contributed by atoms with E-state index in [1.165, 1.54) is 12.1 Å². The predicted octanol–water partition coefficient (Wildman–Crippen LogP) is 3.52. The van der Waals surface area contributed by atoms with E-state index < -0.39 is 0 Å². The number of nitrogen functional groups attached to an aromatic ring is 1. The normalized spacial score (nSPS) is 10.2. The average molecular weight is 247 g/mol. The molecule has 3 nitrogen and oxygen atoms in total. The summed E-state index contributed by atoms with van der Waals surface area (Å²) < 4.78 is 23.9. The number of nitrogens with two attached hydrogens (primary N) is 1. The molecule has 94 valence electrons. The van der Waals surface area contributed by atoms with Crippen molar-refractivity contribution in [3.05, 3.63) is 47.8 Å². The Morgan fingerprint density at radius 3 is 2.56 bits per heavy atom. The van der Waals surface area contributed by atoms with E-state index in [1.54, 1.807) is 31.4 Å². The maximum Gasteiger partial charge on any atom is 0.154 e. The lowest BCUT2D eigenvalue weighted by Gasteiger charge is -2.12. The molecule has 0 aliphatic carbocycles. The Kier molecular flexibility index (Phi) is 3.37. The summed E-state index contributed by atoms with van der Waals surface area (Å²) in [5.41, 5.74) is 7.11. The molecule has 0 saturated heterocycles. The van der Waals surface area contributed by atoms with Crippen molar-refractivity contribution in [1.29, 1.82) is 0 Å². The smallest absolute Gasteiger partial charge is 0.154 e. The van der Waals surface area contributed by atoms with Crippen LogP contribution in [0.15, 0.2) is 36.4 Å². The van der Waals surface area contributed by atoms with Gasteiger partial charge in [0.2, 0.25) is 0 Å². The first-order valence-corrected chi connectivity index (χ1v) is 5.47. The van der Waals surface area contributed by atoms with Gasteiger partial charge in [0.1, 0.15) is 17.3 Å². The Morgan fingerprint density at radius 2 is 1.83 bits per heavy atom. The monoisotopic (exact) mass is 247 g/mol. The molecule has 2 N–H and O–H groups in total. The molecule has 4 heteroatoms. The van der Waals surface area contributed by atoms with Gasteiger partial charge in [-0.25, -0.2) is 4.39 Å². The average Bonchev–Trinajstić information content (AvgIpc) is 2.36. The van der Waals surface area contributed by atoms with Crippen LogP contribution in [0.25, 0.3) is 0 Å². The molecule has 0 fully saturated rings. The van der Waals surface area contributed by atoms with E-state index in [4.69, 9.17) is 15.2 Å². The van der Waals surface area contributed by atoms with Crippen LogP contribution < -0.4 is 15.2 Å². The van der Waals surface area contributed by atoms with Crippen LogP contribution >= 0.6 is 0 Å². The van der Waals surface area contributed by atoms with Gasteiger partial charge in [-0.1, -0.05) is 6.07 Å². The first-order valence-electron chi connectivity index (χ1n) is 5.47. The van der Waals surface area contributed by atoms with E-state index in [0.717, 1.165) is 5.56 Å². The van der Waals surface area contributed by atoms with Crippen LogP contribution in [-0.4, -0.2) is 7.11 Å². The quantitative estimate of drug-likeness (QED) is 0.844. The SMILES string of the molecule is COc1ccc(N)c(Oc2cc(F)ccc2C)c1. The predicted molar refractivity (Wildman–Crippen MR) is 68.6 cm³/mol. The lowest BCUT2D eigenvalue weighted by molar-refractivity contribution is 0.409. The van der Waals surface area contributed by atoms with E-state index in [1.807, 2.05) is 6.92 Å². The van der Waals surface area contributed by atoms with Gasteiger partial charge in [-0.3, -0.25) is 0 Å². The summed E-state index contributed by atoms with van der Waals surface area (Å²) in [6, 6.07) is 9.45. The van der Waals surface area contributed by atoms with Gasteiger partial charge in [0, 0.05) is 12.1 Å². The molecule has 0 heterocycles. The Balaban J connectivity index is 2.36. The van der Waals surface area contributed by atoms with E-state index in [0.29, 0.717) is 22.9 Å². The second kappa shape index (κ2) is 4.96. The Morgan fingerprint density at radius 1 is 1.06 bits per heavy atom. The van der Waals surface area contributed by atoms with Crippen LogP contribution in [-0.2, 0) is 0 Å². The zero-order valence-corrected chi connectivity index (χ0v) is 10.2. The summed E-state index contributed by atoms with van der Waals surface area (Å²) in [5.74, 6) is 1.17. The van der Waals surface area contributed by atoms with Crippen molar-refractivity contribution in [2.24, 2.45) is 0 Å². The molecule has 0 amide bonds. The van der Waals surface area contributed by atoms with Crippen LogP contribution in [0.2, 0.25) is 0 Å². The van der Waals surface area contributed by atoms with Crippen LogP contribution in [0.1, 0.15) is 5.56 Å². The van der Waals surface area contributed by atoms with Crippen LogP contribution in [0.4, 0.5) is 10.1 Å². The number of methoxy groups -OCH3 is 1. The van der Waals surface area contributed by atoms with Crippen LogP contribution in [0.3, 0.4) is 0 Å². The highest BCUT2D eigenvalue weighted by atomic mass is 19.1. The molecular weight excluding hydrogens is 233 g/mol. The molecule has 2 rings (SSSR count). The number of halogens is 1. The molecule has 0 saturated carbocycles. The van der Waals surface area contributed by atoms with Gasteiger partial charge in [0.25, 0.3) is 0 Å². The van der Waals surface area contributed by atoms with Gasteiger partial charge in [-0.15, -0.1) is 0 Å². The van der Waals surface area contributed by atoms with E-state index in [-0.39, 0.29) is 5.82 Å². The topological polar surface area (TPSA) is 44.5 Å². The third-order valence-corrected chi connectivity index (χ3v) is 2.59. The number of ether oxygens (including phenoxy) is 2. The second-order valence-corrected chi connectivity index (χ2v) is 3.92. The van der Waals surface area contributed by atoms with Gasteiger partial charge in [0.15, 0.2) is 5.75 Å². The molecule has 0 aromatic heterocycles. The summed E-state index contributed by atoms with van der Waals surface area (Å²) >= 11 is 0. The number of anilines is 1. The first-order chi connectivity index (χ1) is 8.60. The zero-order chi connectivity index (χ0) is 13.1. The lowest BCUT2D eigenvalue weighted by Crippen LogP contribution is -1.95. The van der Waals surface area contributed by atoms with Crippen molar-refractivity contribution in [1.82, 2.24) is 0 Å². The molecule has 0 atom stereocenters. The van der Waals surface area contributed by atoms with Gasteiger partial charge < -0.3 is 15.2 Å². The minimum atomic E-state index is -0.350. The molecule has 0 bridgehead atoms. The second-order valence-electron chi connectivity index (χ2n) is 3.92. The molecule has 0 aliphatic rings. The number of hydrogen-bond acceptors (Lipinski definition) is 3. The minimum Gasteiger partial charge on any atom is -0.497 e. The first kappa shape index (κ1) is 12.2. The molecule has 0 spiro atoms. The Hall–Kier alpha value is -2.23. The molecular formula is C14H14FNO2. The van der Waals surface area contributed by atoms with E-state index in [2.05, 4.69) is 0 Å². The Labute approximate surface area is 105 Å². The van der Waals surface area contributed by atoms with Crippen LogP contribution in [0, 0.1) is 12.7 Å². The molecule has 2 aromatic rings. The van der Waals surface area contributed by atoms with Crippen molar-refractivity contribution >= 4 is 5.69 Å². The highest BCUT2D eigenvalue weighted by molar-refractivity contribution is 5.57. The highest BCUT2D eigenvalue weighted by Crippen LogP contribution is 2.32. The van der Waals surface area contributed by atoms with Crippen molar-refractivity contribution in [3.63, 3.8) is 0 Å². The number of hydrogen-bond donors (Lipinski definition) is 1. The number of benzene rings is 2. The standard InChI is InChI=1S/C14H14FNO2/c1-9-3-4-10(15)7-13(9)18-14-8-11(17-2)5-6-12(14)16/h3-8H,16H2,1-2H3. The number of aryl methyl sites for hydroxylation is 1. The third kappa shape index (κ3) is 2.53. The molecule has 0 radical (unpaired) electrons. The van der Waals surface area contributed by atoms with E-state index in [9.17, 15) is 4.39 Å². The molecule has 0 unspecified atom stereocenters. The maximum absolute atomic E-state index is 13.2. The molecule has 18 heavy (non-hydrogen) atoms. The van der Waals surface area contributed by atoms with Gasteiger partial charge in [-0.2, -0.15) is 0 Å². The summed E-state index contributed by atoms with van der Waals surface area (Å²) in [4.78, 5) is 0. The highest BCUT2D eigenvalue weighted by Gasteiger charge is 2.07.